The zero-order valence-electron chi connectivity index (χ0n) is 9.36. The predicted octanol–water partition coefficient (Wildman–Crippen LogP) is 3.17. The first-order chi connectivity index (χ1) is 7.79. The van der Waals surface area contributed by atoms with Crippen LogP contribution in [0.25, 0.3) is 0 Å². The van der Waals surface area contributed by atoms with Crippen molar-refractivity contribution in [3.8, 4) is 0 Å². The molecule has 0 aliphatic rings. The maximum atomic E-state index is 5.82. The Labute approximate surface area is 101 Å². The van der Waals surface area contributed by atoms with Gasteiger partial charge in [0.05, 0.1) is 17.9 Å². The average Bonchev–Trinajstić information content (AvgIpc) is 2.76. The van der Waals surface area contributed by atoms with Crippen molar-refractivity contribution in [3.63, 3.8) is 0 Å². The van der Waals surface area contributed by atoms with E-state index in [0.717, 1.165) is 18.7 Å². The molecule has 0 saturated heterocycles. The molecule has 0 bridgehead atoms. The highest BCUT2D eigenvalue weighted by Gasteiger charge is 2.00. The number of halogens is 1. The number of rotatable bonds is 4. The lowest BCUT2D eigenvalue weighted by Gasteiger charge is -2.06. The summed E-state index contributed by atoms with van der Waals surface area (Å²) in [6, 6.07) is 8.64. The molecule has 0 spiro atoms. The maximum Gasteiger partial charge on any atom is 0.0948 e. The van der Waals surface area contributed by atoms with Gasteiger partial charge in [-0.25, -0.2) is 4.98 Å². The van der Waals surface area contributed by atoms with Gasteiger partial charge in [-0.2, -0.15) is 0 Å². The van der Waals surface area contributed by atoms with Crippen molar-refractivity contribution in [1.82, 2.24) is 9.55 Å². The summed E-state index contributed by atoms with van der Waals surface area (Å²) < 4.78 is 2.10. The SMILES string of the molecule is Cc1ccc(CCn2cncc2CCl)cc1. The summed E-state index contributed by atoms with van der Waals surface area (Å²) in [7, 11) is 0. The number of alkyl halides is 1. The first-order valence-corrected chi connectivity index (χ1v) is 5.93. The van der Waals surface area contributed by atoms with Crippen molar-refractivity contribution in [2.75, 3.05) is 0 Å². The van der Waals surface area contributed by atoms with Crippen molar-refractivity contribution < 1.29 is 0 Å². The largest absolute Gasteiger partial charge is 0.333 e. The predicted molar refractivity (Wildman–Crippen MR) is 66.7 cm³/mol. The maximum absolute atomic E-state index is 5.82. The van der Waals surface area contributed by atoms with Gasteiger partial charge in [-0.05, 0) is 18.9 Å². The van der Waals surface area contributed by atoms with Gasteiger partial charge in [0, 0.05) is 12.7 Å². The fourth-order valence-corrected chi connectivity index (χ4v) is 1.89. The molecule has 0 atom stereocenters. The summed E-state index contributed by atoms with van der Waals surface area (Å²) >= 11 is 5.82. The Morgan fingerprint density at radius 1 is 1.25 bits per heavy atom. The van der Waals surface area contributed by atoms with E-state index in [-0.39, 0.29) is 0 Å². The molecule has 0 saturated carbocycles. The summed E-state index contributed by atoms with van der Waals surface area (Å²) in [6.45, 7) is 3.04. The number of nitrogens with zero attached hydrogens (tertiary/aromatic N) is 2. The molecule has 16 heavy (non-hydrogen) atoms. The number of benzene rings is 1. The first kappa shape index (κ1) is 11.2. The lowest BCUT2D eigenvalue weighted by Crippen LogP contribution is -2.03. The number of hydrogen-bond acceptors (Lipinski definition) is 1. The van der Waals surface area contributed by atoms with Crippen LogP contribution in [0.4, 0.5) is 0 Å². The quantitative estimate of drug-likeness (QED) is 0.743. The molecule has 3 heteroatoms. The number of hydrogen-bond donors (Lipinski definition) is 0. The summed E-state index contributed by atoms with van der Waals surface area (Å²) in [5, 5.41) is 0. The van der Waals surface area contributed by atoms with E-state index < -0.39 is 0 Å². The van der Waals surface area contributed by atoms with Crippen LogP contribution in [0.15, 0.2) is 36.8 Å². The lowest BCUT2D eigenvalue weighted by atomic mass is 10.1. The smallest absolute Gasteiger partial charge is 0.0948 e. The van der Waals surface area contributed by atoms with Gasteiger partial charge >= 0.3 is 0 Å². The molecule has 0 aliphatic heterocycles. The molecule has 1 heterocycles. The Kier molecular flexibility index (Phi) is 3.62. The molecule has 1 aromatic heterocycles. The van der Waals surface area contributed by atoms with Gasteiger partial charge in [0.25, 0.3) is 0 Å². The molecule has 0 aliphatic carbocycles. The van der Waals surface area contributed by atoms with Gasteiger partial charge in [0.1, 0.15) is 0 Å². The molecule has 0 unspecified atom stereocenters. The highest BCUT2D eigenvalue weighted by molar-refractivity contribution is 6.16. The zero-order chi connectivity index (χ0) is 11.4. The van der Waals surface area contributed by atoms with Gasteiger partial charge in [-0.3, -0.25) is 0 Å². The fourth-order valence-electron chi connectivity index (χ4n) is 1.67. The first-order valence-electron chi connectivity index (χ1n) is 5.40. The second-order valence-electron chi connectivity index (χ2n) is 3.95. The minimum atomic E-state index is 0.522. The summed E-state index contributed by atoms with van der Waals surface area (Å²) in [6.07, 6.45) is 4.68. The van der Waals surface area contributed by atoms with Crippen molar-refractivity contribution >= 4 is 11.6 Å². The third-order valence-corrected chi connectivity index (χ3v) is 2.97. The molecule has 84 valence electrons. The normalized spacial score (nSPS) is 10.6. The molecule has 1 aromatic carbocycles. The molecule has 2 aromatic rings. The number of imidazole rings is 1. The van der Waals surface area contributed by atoms with E-state index in [9.17, 15) is 0 Å². The minimum Gasteiger partial charge on any atom is -0.333 e. The Balaban J connectivity index is 1.99. The van der Waals surface area contributed by atoms with Crippen molar-refractivity contribution in [1.29, 1.82) is 0 Å². The second-order valence-corrected chi connectivity index (χ2v) is 4.21. The van der Waals surface area contributed by atoms with E-state index in [0.29, 0.717) is 5.88 Å². The van der Waals surface area contributed by atoms with Crippen LogP contribution >= 0.6 is 11.6 Å². The molecule has 0 N–H and O–H groups in total. The number of aryl methyl sites for hydroxylation is 3. The molecule has 2 nitrogen and oxygen atoms in total. The van der Waals surface area contributed by atoms with E-state index >= 15 is 0 Å². The van der Waals surface area contributed by atoms with Crippen molar-refractivity contribution in [3.05, 3.63) is 53.6 Å². The van der Waals surface area contributed by atoms with E-state index in [1.165, 1.54) is 11.1 Å². The molecule has 0 amide bonds. The van der Waals surface area contributed by atoms with Crippen molar-refractivity contribution in [2.45, 2.75) is 25.8 Å². The highest BCUT2D eigenvalue weighted by atomic mass is 35.5. The Morgan fingerprint density at radius 2 is 2.00 bits per heavy atom. The Hall–Kier alpha value is -1.28. The number of aromatic nitrogens is 2. The van der Waals surface area contributed by atoms with Crippen LogP contribution in [0.5, 0.6) is 0 Å². The van der Waals surface area contributed by atoms with Crippen LogP contribution < -0.4 is 0 Å². The minimum absolute atomic E-state index is 0.522. The Bertz CT molecular complexity index is 445. The summed E-state index contributed by atoms with van der Waals surface area (Å²) in [4.78, 5) is 4.10. The van der Waals surface area contributed by atoms with E-state index in [1.807, 2.05) is 12.5 Å². The van der Waals surface area contributed by atoms with Gasteiger partial charge in [0.2, 0.25) is 0 Å². The highest BCUT2D eigenvalue weighted by Crippen LogP contribution is 2.08. The van der Waals surface area contributed by atoms with Crippen LogP contribution in [0.2, 0.25) is 0 Å². The van der Waals surface area contributed by atoms with E-state index in [1.54, 1.807) is 0 Å². The monoisotopic (exact) mass is 234 g/mol. The lowest BCUT2D eigenvalue weighted by molar-refractivity contribution is 0.674. The standard InChI is InChI=1S/C13H15ClN2/c1-11-2-4-12(5-3-11)6-7-16-10-15-9-13(16)8-14/h2-5,9-10H,6-8H2,1H3. The molecular formula is C13H15ClN2. The third-order valence-electron chi connectivity index (χ3n) is 2.70. The second kappa shape index (κ2) is 5.17. The topological polar surface area (TPSA) is 17.8 Å². The van der Waals surface area contributed by atoms with Gasteiger partial charge in [-0.15, -0.1) is 11.6 Å². The zero-order valence-corrected chi connectivity index (χ0v) is 10.1. The molecule has 0 radical (unpaired) electrons. The van der Waals surface area contributed by atoms with Gasteiger partial charge < -0.3 is 4.57 Å². The van der Waals surface area contributed by atoms with Crippen LogP contribution in [-0.4, -0.2) is 9.55 Å². The molecule has 2 rings (SSSR count). The van der Waals surface area contributed by atoms with Gasteiger partial charge in [-0.1, -0.05) is 29.8 Å². The van der Waals surface area contributed by atoms with Crippen LogP contribution in [0.3, 0.4) is 0 Å². The van der Waals surface area contributed by atoms with Gasteiger partial charge in [0.15, 0.2) is 0 Å². The van der Waals surface area contributed by atoms with Crippen LogP contribution in [-0.2, 0) is 18.8 Å². The van der Waals surface area contributed by atoms with Crippen LogP contribution in [0, 0.1) is 6.92 Å². The van der Waals surface area contributed by atoms with Crippen LogP contribution in [0.1, 0.15) is 16.8 Å². The average molecular weight is 235 g/mol. The Morgan fingerprint density at radius 3 is 2.69 bits per heavy atom. The third kappa shape index (κ3) is 2.64. The summed E-state index contributed by atoms with van der Waals surface area (Å²) in [5.41, 5.74) is 3.72. The fraction of sp³-hybridized carbons (Fsp3) is 0.308. The summed E-state index contributed by atoms with van der Waals surface area (Å²) in [5.74, 6) is 0.522. The van der Waals surface area contributed by atoms with E-state index in [2.05, 4.69) is 40.7 Å². The molecular weight excluding hydrogens is 220 g/mol. The molecule has 0 fully saturated rings. The van der Waals surface area contributed by atoms with E-state index in [4.69, 9.17) is 11.6 Å². The van der Waals surface area contributed by atoms with Crippen molar-refractivity contribution in [2.24, 2.45) is 0 Å².